The molecule has 1 amide bonds. The van der Waals surface area contributed by atoms with Crippen molar-refractivity contribution in [1.82, 2.24) is 9.80 Å². The van der Waals surface area contributed by atoms with Crippen molar-refractivity contribution in [1.29, 1.82) is 0 Å². The number of carbonyl (C=O) groups is 1. The van der Waals surface area contributed by atoms with Crippen LogP contribution >= 0.6 is 0 Å². The van der Waals surface area contributed by atoms with Gasteiger partial charge in [-0.2, -0.15) is 0 Å². The molecule has 1 atom stereocenters. The maximum Gasteiger partial charge on any atom is 0.251 e. The summed E-state index contributed by atoms with van der Waals surface area (Å²) in [7, 11) is -3.63. The van der Waals surface area contributed by atoms with Crippen molar-refractivity contribution < 1.29 is 17.9 Å². The van der Waals surface area contributed by atoms with Crippen LogP contribution in [-0.4, -0.2) is 69.6 Å². The second-order valence-corrected chi connectivity index (χ2v) is 8.17. The molecule has 0 aliphatic carbocycles. The Labute approximate surface area is 148 Å². The van der Waals surface area contributed by atoms with Gasteiger partial charge in [-0.3, -0.25) is 9.69 Å². The standard InChI is InChI=1S/C17H25N3O4S/c18-25(22,23)15-5-3-14(4-6-15)7-8-19-9-11-20(12-10-19)17(21)16-2-1-13-24-16/h3-6,16H,1-2,7-13H2,(H2,18,22,23). The molecule has 1 unspecified atom stereocenters. The highest BCUT2D eigenvalue weighted by Crippen LogP contribution is 2.16. The number of primary sulfonamides is 1. The molecule has 0 spiro atoms. The van der Waals surface area contributed by atoms with Gasteiger partial charge < -0.3 is 9.64 Å². The molecule has 2 heterocycles. The summed E-state index contributed by atoms with van der Waals surface area (Å²) in [6.07, 6.45) is 2.42. The molecular formula is C17H25N3O4S. The Hall–Kier alpha value is -1.48. The lowest BCUT2D eigenvalue weighted by molar-refractivity contribution is -0.142. The summed E-state index contributed by atoms with van der Waals surface area (Å²) in [6, 6.07) is 6.69. The van der Waals surface area contributed by atoms with Crippen LogP contribution < -0.4 is 5.14 Å². The predicted octanol–water partition coefficient (Wildman–Crippen LogP) is 0.200. The van der Waals surface area contributed by atoms with Gasteiger partial charge in [0.2, 0.25) is 10.0 Å². The number of hydrogen-bond donors (Lipinski definition) is 1. The molecule has 0 aromatic heterocycles. The van der Waals surface area contributed by atoms with Crippen LogP contribution in [0.5, 0.6) is 0 Å². The third-order valence-electron chi connectivity index (χ3n) is 4.86. The Morgan fingerprint density at radius 3 is 2.40 bits per heavy atom. The number of carbonyl (C=O) groups excluding carboxylic acids is 1. The average Bonchev–Trinajstić information content (AvgIpc) is 3.14. The van der Waals surface area contributed by atoms with Gasteiger partial charge in [-0.15, -0.1) is 0 Å². The van der Waals surface area contributed by atoms with E-state index in [1.807, 2.05) is 4.90 Å². The number of piperazine rings is 1. The first-order chi connectivity index (χ1) is 11.9. The molecule has 1 aromatic rings. The number of sulfonamides is 1. The zero-order chi connectivity index (χ0) is 17.9. The van der Waals surface area contributed by atoms with Crippen LogP contribution in [0, 0.1) is 0 Å². The Morgan fingerprint density at radius 2 is 1.84 bits per heavy atom. The minimum atomic E-state index is -3.63. The SMILES string of the molecule is NS(=O)(=O)c1ccc(CCN2CCN(C(=O)C3CCCO3)CC2)cc1. The van der Waals surface area contributed by atoms with Gasteiger partial charge in [0, 0.05) is 39.3 Å². The zero-order valence-corrected chi connectivity index (χ0v) is 15.1. The van der Waals surface area contributed by atoms with E-state index >= 15 is 0 Å². The van der Waals surface area contributed by atoms with Gasteiger partial charge in [0.25, 0.3) is 5.91 Å². The van der Waals surface area contributed by atoms with Crippen LogP contribution in [0.15, 0.2) is 29.2 Å². The van der Waals surface area contributed by atoms with Gasteiger partial charge in [-0.25, -0.2) is 13.6 Å². The van der Waals surface area contributed by atoms with E-state index in [-0.39, 0.29) is 16.9 Å². The number of rotatable bonds is 5. The lowest BCUT2D eigenvalue weighted by atomic mass is 10.1. The molecule has 3 rings (SSSR count). The first kappa shape index (κ1) is 18.3. The van der Waals surface area contributed by atoms with E-state index in [1.165, 1.54) is 0 Å². The summed E-state index contributed by atoms with van der Waals surface area (Å²) >= 11 is 0. The second kappa shape index (κ2) is 7.82. The zero-order valence-electron chi connectivity index (χ0n) is 14.3. The fourth-order valence-electron chi connectivity index (χ4n) is 3.30. The van der Waals surface area contributed by atoms with Crippen LogP contribution in [0.25, 0.3) is 0 Å². The topological polar surface area (TPSA) is 92.9 Å². The Morgan fingerprint density at radius 1 is 1.16 bits per heavy atom. The highest BCUT2D eigenvalue weighted by Gasteiger charge is 2.30. The highest BCUT2D eigenvalue weighted by atomic mass is 32.2. The molecule has 0 bridgehead atoms. The van der Waals surface area contributed by atoms with Crippen molar-refractivity contribution in [2.75, 3.05) is 39.3 Å². The molecular weight excluding hydrogens is 342 g/mol. The lowest BCUT2D eigenvalue weighted by Crippen LogP contribution is -2.51. The van der Waals surface area contributed by atoms with Crippen molar-refractivity contribution in [3.8, 4) is 0 Å². The van der Waals surface area contributed by atoms with Gasteiger partial charge >= 0.3 is 0 Å². The monoisotopic (exact) mass is 367 g/mol. The Balaban J connectivity index is 1.44. The van der Waals surface area contributed by atoms with Crippen LogP contribution in [0.1, 0.15) is 18.4 Å². The molecule has 2 aliphatic rings. The van der Waals surface area contributed by atoms with E-state index in [1.54, 1.807) is 24.3 Å². The predicted molar refractivity (Wildman–Crippen MR) is 93.5 cm³/mol. The second-order valence-electron chi connectivity index (χ2n) is 6.61. The summed E-state index contributed by atoms with van der Waals surface area (Å²) in [4.78, 5) is 16.7. The van der Waals surface area contributed by atoms with Crippen LogP contribution in [0.4, 0.5) is 0 Å². The largest absolute Gasteiger partial charge is 0.368 e. The van der Waals surface area contributed by atoms with E-state index in [2.05, 4.69) is 4.90 Å². The van der Waals surface area contributed by atoms with E-state index in [4.69, 9.17) is 9.88 Å². The van der Waals surface area contributed by atoms with Gasteiger partial charge in [0.15, 0.2) is 0 Å². The van der Waals surface area contributed by atoms with Gasteiger partial charge in [-0.05, 0) is 37.0 Å². The number of nitrogens with two attached hydrogens (primary N) is 1. The number of ether oxygens (including phenoxy) is 1. The number of nitrogens with zero attached hydrogens (tertiary/aromatic N) is 2. The molecule has 7 nitrogen and oxygen atoms in total. The molecule has 25 heavy (non-hydrogen) atoms. The van der Waals surface area contributed by atoms with Gasteiger partial charge in [0.05, 0.1) is 4.90 Å². The third-order valence-corrected chi connectivity index (χ3v) is 5.79. The van der Waals surface area contributed by atoms with Gasteiger partial charge in [0.1, 0.15) is 6.10 Å². The van der Waals surface area contributed by atoms with E-state index < -0.39 is 10.0 Å². The number of benzene rings is 1. The normalized spacial score (nSPS) is 22.3. The van der Waals surface area contributed by atoms with Crippen molar-refractivity contribution in [3.63, 3.8) is 0 Å². The van der Waals surface area contributed by atoms with Crippen molar-refractivity contribution in [2.24, 2.45) is 5.14 Å². The molecule has 0 radical (unpaired) electrons. The van der Waals surface area contributed by atoms with Crippen LogP contribution in [-0.2, 0) is 26.0 Å². The number of amides is 1. The average molecular weight is 367 g/mol. The molecule has 138 valence electrons. The first-order valence-electron chi connectivity index (χ1n) is 8.68. The highest BCUT2D eigenvalue weighted by molar-refractivity contribution is 7.89. The molecule has 2 N–H and O–H groups in total. The summed E-state index contributed by atoms with van der Waals surface area (Å²) in [6.45, 7) is 4.77. The van der Waals surface area contributed by atoms with Crippen molar-refractivity contribution >= 4 is 15.9 Å². The molecule has 0 saturated carbocycles. The minimum Gasteiger partial charge on any atom is -0.368 e. The smallest absolute Gasteiger partial charge is 0.251 e. The van der Waals surface area contributed by atoms with Crippen LogP contribution in [0.3, 0.4) is 0 Å². The molecule has 8 heteroatoms. The first-order valence-corrected chi connectivity index (χ1v) is 10.2. The molecule has 1 aromatic carbocycles. The minimum absolute atomic E-state index is 0.135. The fraction of sp³-hybridized carbons (Fsp3) is 0.588. The van der Waals surface area contributed by atoms with Crippen molar-refractivity contribution in [2.45, 2.75) is 30.3 Å². The maximum atomic E-state index is 12.3. The summed E-state index contributed by atoms with van der Waals surface area (Å²) in [5, 5.41) is 5.10. The van der Waals surface area contributed by atoms with Crippen LogP contribution in [0.2, 0.25) is 0 Å². The van der Waals surface area contributed by atoms with E-state index in [0.717, 1.165) is 57.5 Å². The number of hydrogen-bond acceptors (Lipinski definition) is 5. The maximum absolute atomic E-state index is 12.3. The summed E-state index contributed by atoms with van der Waals surface area (Å²) < 4.78 is 28.0. The quantitative estimate of drug-likeness (QED) is 0.802. The molecule has 2 fully saturated rings. The van der Waals surface area contributed by atoms with E-state index in [0.29, 0.717) is 6.61 Å². The molecule has 2 saturated heterocycles. The van der Waals surface area contributed by atoms with E-state index in [9.17, 15) is 13.2 Å². The van der Waals surface area contributed by atoms with Gasteiger partial charge in [-0.1, -0.05) is 12.1 Å². The summed E-state index contributed by atoms with van der Waals surface area (Å²) in [5.41, 5.74) is 1.07. The third kappa shape index (κ3) is 4.78. The fourth-order valence-corrected chi connectivity index (χ4v) is 3.82. The summed E-state index contributed by atoms with van der Waals surface area (Å²) in [5.74, 6) is 0.135. The Kier molecular flexibility index (Phi) is 5.73. The van der Waals surface area contributed by atoms with Crippen molar-refractivity contribution in [3.05, 3.63) is 29.8 Å². The Bertz CT molecular complexity index is 691. The lowest BCUT2D eigenvalue weighted by Gasteiger charge is -2.35. The molecule has 2 aliphatic heterocycles.